The van der Waals surface area contributed by atoms with Gasteiger partial charge in [-0.25, -0.2) is 9.59 Å². The molecule has 188 valence electrons. The zero-order valence-corrected chi connectivity index (χ0v) is 20.2. The molecule has 0 spiro atoms. The Labute approximate surface area is 208 Å². The first-order chi connectivity index (χ1) is 17.4. The van der Waals surface area contributed by atoms with E-state index in [1.165, 1.54) is 9.13 Å². The topological polar surface area (TPSA) is 99.8 Å². The summed E-state index contributed by atoms with van der Waals surface area (Å²) in [7, 11) is 1.68. The highest BCUT2D eigenvalue weighted by Gasteiger charge is 2.34. The summed E-state index contributed by atoms with van der Waals surface area (Å²) < 4.78 is 13.1. The number of aromatic nitrogens is 2. The summed E-state index contributed by atoms with van der Waals surface area (Å²) in [5.74, 6) is -0.898. The summed E-state index contributed by atoms with van der Waals surface area (Å²) in [6, 6.07) is 14.6. The minimum absolute atomic E-state index is 0.108. The van der Waals surface area contributed by atoms with E-state index >= 15 is 0 Å². The zero-order chi connectivity index (χ0) is 25.2. The van der Waals surface area contributed by atoms with Gasteiger partial charge in [-0.1, -0.05) is 30.3 Å². The van der Waals surface area contributed by atoms with Crippen molar-refractivity contribution in [1.29, 1.82) is 0 Å². The standard InChI is InChI=1S/C27H29N3O6/c1-28-23-14-20(10-11-21(23)30(27(28)34)22-12-13-25(32)36-26(22)33)29-15-19(16-29)8-5-9-24(31)35-17-18-6-3-2-4-7-18/h2-4,6-7,10-11,14,19,22H,5,8-9,12-13,15-17H2,1H3. The monoisotopic (exact) mass is 491 g/mol. The second-order valence-corrected chi connectivity index (χ2v) is 9.54. The molecule has 3 heterocycles. The maximum atomic E-state index is 12.9. The molecule has 1 atom stereocenters. The van der Waals surface area contributed by atoms with Crippen molar-refractivity contribution in [2.45, 2.75) is 44.8 Å². The third-order valence-electron chi connectivity index (χ3n) is 7.05. The highest BCUT2D eigenvalue weighted by molar-refractivity contribution is 5.92. The molecule has 0 amide bonds. The smallest absolute Gasteiger partial charge is 0.336 e. The number of hydrogen-bond acceptors (Lipinski definition) is 7. The maximum absolute atomic E-state index is 12.9. The Hall–Kier alpha value is -3.88. The summed E-state index contributed by atoms with van der Waals surface area (Å²) >= 11 is 0. The van der Waals surface area contributed by atoms with E-state index in [4.69, 9.17) is 9.47 Å². The van der Waals surface area contributed by atoms with Crippen LogP contribution in [0.15, 0.2) is 53.3 Å². The molecule has 0 radical (unpaired) electrons. The molecule has 9 heteroatoms. The Morgan fingerprint density at radius 2 is 1.83 bits per heavy atom. The van der Waals surface area contributed by atoms with Crippen LogP contribution < -0.4 is 10.6 Å². The van der Waals surface area contributed by atoms with E-state index in [0.29, 0.717) is 24.5 Å². The van der Waals surface area contributed by atoms with Crippen molar-refractivity contribution in [3.05, 3.63) is 64.6 Å². The lowest BCUT2D eigenvalue weighted by Gasteiger charge is -2.41. The second kappa shape index (κ2) is 10.0. The van der Waals surface area contributed by atoms with Crippen LogP contribution in [0.1, 0.15) is 43.7 Å². The average Bonchev–Trinajstić information content (AvgIpc) is 3.09. The van der Waals surface area contributed by atoms with Gasteiger partial charge in [-0.05, 0) is 48.9 Å². The Morgan fingerprint density at radius 1 is 1.06 bits per heavy atom. The summed E-state index contributed by atoms with van der Waals surface area (Å²) in [5, 5.41) is 0. The Kier molecular flexibility index (Phi) is 6.63. The van der Waals surface area contributed by atoms with Crippen LogP contribution in [0.3, 0.4) is 0 Å². The van der Waals surface area contributed by atoms with Crippen LogP contribution in [0.4, 0.5) is 5.69 Å². The van der Waals surface area contributed by atoms with Crippen LogP contribution in [0.5, 0.6) is 0 Å². The lowest BCUT2D eigenvalue weighted by atomic mass is 9.93. The summed E-state index contributed by atoms with van der Waals surface area (Å²) in [6.45, 7) is 2.08. The third-order valence-corrected chi connectivity index (χ3v) is 7.05. The number of benzene rings is 2. The number of nitrogens with zero attached hydrogens (tertiary/aromatic N) is 3. The number of rotatable bonds is 8. The van der Waals surface area contributed by atoms with Gasteiger partial charge in [0, 0.05) is 38.7 Å². The van der Waals surface area contributed by atoms with Crippen molar-refractivity contribution in [3.8, 4) is 0 Å². The number of esters is 3. The number of aryl methyl sites for hydroxylation is 1. The number of fused-ring (bicyclic) bond motifs is 1. The highest BCUT2D eigenvalue weighted by atomic mass is 16.6. The molecule has 0 bridgehead atoms. The minimum Gasteiger partial charge on any atom is -0.461 e. The number of ether oxygens (including phenoxy) is 2. The van der Waals surface area contributed by atoms with E-state index in [0.717, 1.165) is 42.7 Å². The molecule has 2 aliphatic rings. The van der Waals surface area contributed by atoms with Crippen molar-refractivity contribution in [3.63, 3.8) is 0 Å². The van der Waals surface area contributed by atoms with Crippen LogP contribution in [-0.2, 0) is 37.5 Å². The van der Waals surface area contributed by atoms with Crippen LogP contribution >= 0.6 is 0 Å². The van der Waals surface area contributed by atoms with Gasteiger partial charge >= 0.3 is 23.6 Å². The van der Waals surface area contributed by atoms with Gasteiger partial charge in [-0.15, -0.1) is 0 Å². The minimum atomic E-state index is -0.794. The van der Waals surface area contributed by atoms with Crippen LogP contribution in [-0.4, -0.2) is 40.1 Å². The maximum Gasteiger partial charge on any atom is 0.336 e. The van der Waals surface area contributed by atoms with Crippen molar-refractivity contribution >= 4 is 34.6 Å². The van der Waals surface area contributed by atoms with E-state index in [1.807, 2.05) is 48.5 Å². The molecular weight excluding hydrogens is 462 g/mol. The first kappa shape index (κ1) is 23.8. The molecule has 9 nitrogen and oxygen atoms in total. The van der Waals surface area contributed by atoms with Gasteiger partial charge in [0.1, 0.15) is 12.6 Å². The SMILES string of the molecule is Cn1c(=O)n(C2CCC(=O)OC2=O)c2ccc(N3CC(CCCC(=O)OCc4ccccc4)C3)cc21. The average molecular weight is 492 g/mol. The van der Waals surface area contributed by atoms with E-state index in [1.54, 1.807) is 7.05 Å². The van der Waals surface area contributed by atoms with E-state index in [9.17, 15) is 19.2 Å². The fourth-order valence-electron chi connectivity index (χ4n) is 5.00. The lowest BCUT2D eigenvalue weighted by Crippen LogP contribution is -2.46. The number of carbonyl (C=O) groups excluding carboxylic acids is 3. The molecule has 1 aromatic heterocycles. The van der Waals surface area contributed by atoms with E-state index in [-0.39, 0.29) is 24.5 Å². The van der Waals surface area contributed by atoms with Gasteiger partial charge in [-0.3, -0.25) is 18.7 Å². The number of anilines is 1. The number of imidazole rings is 1. The summed E-state index contributed by atoms with van der Waals surface area (Å²) in [4.78, 5) is 50.8. The van der Waals surface area contributed by atoms with Crippen LogP contribution in [0, 0.1) is 5.92 Å². The van der Waals surface area contributed by atoms with Crippen LogP contribution in [0.2, 0.25) is 0 Å². The van der Waals surface area contributed by atoms with Gasteiger partial charge in [0.2, 0.25) is 0 Å². The lowest BCUT2D eigenvalue weighted by molar-refractivity contribution is -0.166. The number of carbonyl (C=O) groups is 3. The predicted molar refractivity (Wildman–Crippen MR) is 132 cm³/mol. The first-order valence-electron chi connectivity index (χ1n) is 12.3. The highest BCUT2D eigenvalue weighted by Crippen LogP contribution is 2.31. The van der Waals surface area contributed by atoms with Gasteiger partial charge in [0.25, 0.3) is 0 Å². The van der Waals surface area contributed by atoms with E-state index in [2.05, 4.69) is 4.90 Å². The van der Waals surface area contributed by atoms with E-state index < -0.39 is 18.0 Å². The molecule has 2 aliphatic heterocycles. The normalized spacial score (nSPS) is 18.2. The first-order valence-corrected chi connectivity index (χ1v) is 12.3. The third kappa shape index (κ3) is 4.78. The van der Waals surface area contributed by atoms with Crippen molar-refractivity contribution < 1.29 is 23.9 Å². The summed E-state index contributed by atoms with van der Waals surface area (Å²) in [6.07, 6.45) is 2.53. The molecule has 2 saturated heterocycles. The van der Waals surface area contributed by atoms with Crippen molar-refractivity contribution in [2.75, 3.05) is 18.0 Å². The van der Waals surface area contributed by atoms with Gasteiger partial charge in [0.05, 0.1) is 11.0 Å². The molecule has 36 heavy (non-hydrogen) atoms. The van der Waals surface area contributed by atoms with Crippen molar-refractivity contribution in [1.82, 2.24) is 9.13 Å². The predicted octanol–water partition coefficient (Wildman–Crippen LogP) is 3.09. The Morgan fingerprint density at radius 3 is 2.58 bits per heavy atom. The zero-order valence-electron chi connectivity index (χ0n) is 20.2. The quantitative estimate of drug-likeness (QED) is 0.353. The molecule has 2 aromatic carbocycles. The van der Waals surface area contributed by atoms with Crippen LogP contribution in [0.25, 0.3) is 11.0 Å². The fourth-order valence-corrected chi connectivity index (χ4v) is 5.00. The summed E-state index contributed by atoms with van der Waals surface area (Å²) in [5.41, 5.74) is 3.06. The molecular formula is C27H29N3O6. The Bertz CT molecular complexity index is 1350. The molecule has 0 saturated carbocycles. The number of hydrogen-bond donors (Lipinski definition) is 0. The molecule has 3 aromatic rings. The number of cyclic esters (lactones) is 2. The van der Waals surface area contributed by atoms with Gasteiger partial charge in [0.15, 0.2) is 0 Å². The molecule has 1 unspecified atom stereocenters. The molecule has 0 aliphatic carbocycles. The molecule has 0 N–H and O–H groups in total. The van der Waals surface area contributed by atoms with Gasteiger partial charge in [-0.2, -0.15) is 0 Å². The molecule has 5 rings (SSSR count). The largest absolute Gasteiger partial charge is 0.461 e. The van der Waals surface area contributed by atoms with Gasteiger partial charge < -0.3 is 14.4 Å². The Balaban J connectivity index is 1.15. The van der Waals surface area contributed by atoms with Crippen molar-refractivity contribution in [2.24, 2.45) is 13.0 Å². The second-order valence-electron chi connectivity index (χ2n) is 9.54. The fraction of sp³-hybridized carbons (Fsp3) is 0.407. The molecule has 2 fully saturated rings.